The number of carbonyl (C=O) groups excluding carboxylic acids is 1. The Hall–Kier alpha value is -1.30. The highest BCUT2D eigenvalue weighted by molar-refractivity contribution is 5.82. The molecule has 0 aromatic heterocycles. The van der Waals surface area contributed by atoms with Crippen LogP contribution in [0.25, 0.3) is 0 Å². The van der Waals surface area contributed by atoms with Gasteiger partial charge in [-0.2, -0.15) is 0 Å². The molecule has 114 valence electrons. The standard InChI is InChI=1S/C14H25N3O3/c1-16-8-5-6-11(10-16)15-14(20)17-9-4-2-3-7-12(17)13(18)19/h11-12H,2-10H2,1H3,(H,15,20)(H,18,19). The topological polar surface area (TPSA) is 72.9 Å². The maximum atomic E-state index is 12.4. The average molecular weight is 283 g/mol. The number of carboxylic acid groups (broad SMARTS) is 1. The van der Waals surface area contributed by atoms with Gasteiger partial charge in [0.2, 0.25) is 0 Å². The monoisotopic (exact) mass is 283 g/mol. The fourth-order valence-electron chi connectivity index (χ4n) is 3.15. The first kappa shape index (κ1) is 15.1. The lowest BCUT2D eigenvalue weighted by Crippen LogP contribution is -2.54. The summed E-state index contributed by atoms with van der Waals surface area (Å²) in [7, 11) is 2.05. The molecule has 2 N–H and O–H groups in total. The number of likely N-dealkylation sites (N-methyl/N-ethyl adjacent to an activating group) is 1. The van der Waals surface area contributed by atoms with Crippen molar-refractivity contribution >= 4 is 12.0 Å². The van der Waals surface area contributed by atoms with Crippen LogP contribution in [0.1, 0.15) is 38.5 Å². The number of urea groups is 1. The van der Waals surface area contributed by atoms with Gasteiger partial charge in [0.15, 0.2) is 0 Å². The summed E-state index contributed by atoms with van der Waals surface area (Å²) in [5.74, 6) is -0.886. The Kier molecular flexibility index (Phi) is 5.23. The first-order chi connectivity index (χ1) is 9.58. The molecule has 0 spiro atoms. The van der Waals surface area contributed by atoms with Crippen molar-refractivity contribution in [2.45, 2.75) is 50.6 Å². The van der Waals surface area contributed by atoms with Gasteiger partial charge in [0.1, 0.15) is 6.04 Å². The molecule has 0 aromatic carbocycles. The molecular formula is C14H25N3O3. The van der Waals surface area contributed by atoms with Crippen molar-refractivity contribution in [1.29, 1.82) is 0 Å². The highest BCUT2D eigenvalue weighted by Crippen LogP contribution is 2.18. The molecule has 2 aliphatic heterocycles. The Morgan fingerprint density at radius 2 is 1.90 bits per heavy atom. The van der Waals surface area contributed by atoms with Crippen LogP contribution in [-0.2, 0) is 4.79 Å². The molecule has 0 bridgehead atoms. The highest BCUT2D eigenvalue weighted by Gasteiger charge is 2.32. The van der Waals surface area contributed by atoms with E-state index in [2.05, 4.69) is 10.2 Å². The predicted molar refractivity (Wildman–Crippen MR) is 75.6 cm³/mol. The second kappa shape index (κ2) is 6.92. The van der Waals surface area contributed by atoms with Gasteiger partial charge in [-0.3, -0.25) is 0 Å². The van der Waals surface area contributed by atoms with Gasteiger partial charge in [0, 0.05) is 19.1 Å². The second-order valence-corrected chi connectivity index (χ2v) is 5.95. The first-order valence-electron chi connectivity index (χ1n) is 7.56. The van der Waals surface area contributed by atoms with Gasteiger partial charge in [-0.15, -0.1) is 0 Å². The predicted octanol–water partition coefficient (Wildman–Crippen LogP) is 1.12. The van der Waals surface area contributed by atoms with Crippen LogP contribution in [0.5, 0.6) is 0 Å². The Bertz CT molecular complexity index is 362. The summed E-state index contributed by atoms with van der Waals surface area (Å²) in [5, 5.41) is 12.3. The van der Waals surface area contributed by atoms with E-state index < -0.39 is 12.0 Å². The maximum absolute atomic E-state index is 12.4. The van der Waals surface area contributed by atoms with Crippen molar-refractivity contribution in [3.63, 3.8) is 0 Å². The van der Waals surface area contributed by atoms with Gasteiger partial charge >= 0.3 is 12.0 Å². The molecule has 2 unspecified atom stereocenters. The van der Waals surface area contributed by atoms with E-state index in [1.807, 2.05) is 7.05 Å². The summed E-state index contributed by atoms with van der Waals surface area (Å²) in [5.41, 5.74) is 0. The zero-order valence-corrected chi connectivity index (χ0v) is 12.2. The molecule has 6 nitrogen and oxygen atoms in total. The quantitative estimate of drug-likeness (QED) is 0.796. The van der Waals surface area contributed by atoms with Gasteiger partial charge in [-0.1, -0.05) is 12.8 Å². The van der Waals surface area contributed by atoms with E-state index in [4.69, 9.17) is 0 Å². The number of piperidine rings is 1. The molecule has 2 atom stereocenters. The average Bonchev–Trinajstić information content (AvgIpc) is 2.64. The van der Waals surface area contributed by atoms with Crippen LogP contribution >= 0.6 is 0 Å². The SMILES string of the molecule is CN1CCCC(NC(=O)N2CCCCCC2C(=O)O)C1. The van der Waals surface area contributed by atoms with Crippen molar-refractivity contribution in [3.8, 4) is 0 Å². The zero-order chi connectivity index (χ0) is 14.5. The minimum atomic E-state index is -0.886. The molecule has 0 radical (unpaired) electrons. The molecule has 0 saturated carbocycles. The number of hydrogen-bond acceptors (Lipinski definition) is 3. The first-order valence-corrected chi connectivity index (χ1v) is 7.56. The van der Waals surface area contributed by atoms with Gasteiger partial charge in [0.25, 0.3) is 0 Å². The van der Waals surface area contributed by atoms with E-state index in [1.54, 1.807) is 0 Å². The fourth-order valence-corrected chi connectivity index (χ4v) is 3.15. The number of nitrogens with one attached hydrogen (secondary N) is 1. The molecule has 6 heteroatoms. The van der Waals surface area contributed by atoms with E-state index in [9.17, 15) is 14.7 Å². The largest absolute Gasteiger partial charge is 0.480 e. The van der Waals surface area contributed by atoms with Crippen molar-refractivity contribution in [3.05, 3.63) is 0 Å². The number of aliphatic carboxylic acids is 1. The highest BCUT2D eigenvalue weighted by atomic mass is 16.4. The van der Waals surface area contributed by atoms with Crippen LogP contribution in [0.2, 0.25) is 0 Å². The Balaban J connectivity index is 1.96. The van der Waals surface area contributed by atoms with Gasteiger partial charge in [-0.25, -0.2) is 9.59 Å². The molecule has 2 heterocycles. The number of carbonyl (C=O) groups is 2. The molecular weight excluding hydrogens is 258 g/mol. The van der Waals surface area contributed by atoms with Gasteiger partial charge in [0.05, 0.1) is 0 Å². The van der Waals surface area contributed by atoms with Gasteiger partial charge < -0.3 is 20.2 Å². The fraction of sp³-hybridized carbons (Fsp3) is 0.857. The molecule has 0 aliphatic carbocycles. The molecule has 2 fully saturated rings. The van der Waals surface area contributed by atoms with E-state index >= 15 is 0 Å². The number of likely N-dealkylation sites (tertiary alicyclic amines) is 2. The summed E-state index contributed by atoms with van der Waals surface area (Å²) in [6.45, 7) is 2.45. The Morgan fingerprint density at radius 1 is 1.10 bits per heavy atom. The van der Waals surface area contributed by atoms with Crippen LogP contribution in [-0.4, -0.2) is 65.7 Å². The van der Waals surface area contributed by atoms with Crippen molar-refractivity contribution in [1.82, 2.24) is 15.1 Å². The molecule has 0 aromatic rings. The molecule has 2 rings (SSSR count). The van der Waals surface area contributed by atoms with Crippen molar-refractivity contribution < 1.29 is 14.7 Å². The second-order valence-electron chi connectivity index (χ2n) is 5.95. The van der Waals surface area contributed by atoms with Crippen molar-refractivity contribution in [2.75, 3.05) is 26.7 Å². The van der Waals surface area contributed by atoms with E-state index in [0.717, 1.165) is 45.2 Å². The molecule has 2 amide bonds. The third-order valence-corrected chi connectivity index (χ3v) is 4.25. The summed E-state index contributed by atoms with van der Waals surface area (Å²) in [6, 6.07) is -0.739. The van der Waals surface area contributed by atoms with Crippen LogP contribution < -0.4 is 5.32 Å². The minimum absolute atomic E-state index is 0.138. The number of amides is 2. The van der Waals surface area contributed by atoms with Crippen molar-refractivity contribution in [2.24, 2.45) is 0 Å². The van der Waals surface area contributed by atoms with Crippen LogP contribution in [0.3, 0.4) is 0 Å². The van der Waals surface area contributed by atoms with Crippen LogP contribution in [0.4, 0.5) is 4.79 Å². The third-order valence-electron chi connectivity index (χ3n) is 4.25. The summed E-state index contributed by atoms with van der Waals surface area (Å²) in [6.07, 6.45) is 5.38. The zero-order valence-electron chi connectivity index (χ0n) is 12.2. The Labute approximate surface area is 120 Å². The van der Waals surface area contributed by atoms with Crippen LogP contribution in [0.15, 0.2) is 0 Å². The van der Waals surface area contributed by atoms with E-state index in [0.29, 0.717) is 13.0 Å². The van der Waals surface area contributed by atoms with E-state index in [-0.39, 0.29) is 12.1 Å². The molecule has 2 aliphatic rings. The normalized spacial score (nSPS) is 28.8. The number of rotatable bonds is 2. The lowest BCUT2D eigenvalue weighted by atomic mass is 10.1. The van der Waals surface area contributed by atoms with E-state index in [1.165, 1.54) is 4.90 Å². The Morgan fingerprint density at radius 3 is 2.60 bits per heavy atom. The van der Waals surface area contributed by atoms with Crippen LogP contribution in [0, 0.1) is 0 Å². The number of nitrogens with zero attached hydrogens (tertiary/aromatic N) is 2. The lowest BCUT2D eigenvalue weighted by molar-refractivity contribution is -0.142. The minimum Gasteiger partial charge on any atom is -0.480 e. The maximum Gasteiger partial charge on any atom is 0.326 e. The summed E-state index contributed by atoms with van der Waals surface area (Å²) < 4.78 is 0. The molecule has 2 saturated heterocycles. The summed E-state index contributed by atoms with van der Waals surface area (Å²) >= 11 is 0. The number of hydrogen-bond donors (Lipinski definition) is 2. The summed E-state index contributed by atoms with van der Waals surface area (Å²) in [4.78, 5) is 27.4. The smallest absolute Gasteiger partial charge is 0.326 e. The lowest BCUT2D eigenvalue weighted by Gasteiger charge is -2.33. The van der Waals surface area contributed by atoms with Gasteiger partial charge in [-0.05, 0) is 39.3 Å². The number of carboxylic acids is 1. The molecule has 20 heavy (non-hydrogen) atoms. The third kappa shape index (κ3) is 3.85.